The molecular formula is C12H18ClN3O. The average Bonchev–Trinajstić information content (AvgIpc) is 2.82. The Hall–Kier alpha value is -0.870. The number of nitrogens with one attached hydrogen (secondary N) is 1. The van der Waals surface area contributed by atoms with Gasteiger partial charge in [0.15, 0.2) is 0 Å². The number of hydrogen-bond acceptors (Lipinski definition) is 4. The number of ether oxygens (including phenoxy) is 1. The number of aromatic nitrogens is 2. The van der Waals surface area contributed by atoms with Gasteiger partial charge in [0.05, 0.1) is 6.10 Å². The zero-order valence-corrected chi connectivity index (χ0v) is 10.8. The molecule has 1 fully saturated rings. The highest BCUT2D eigenvalue weighted by Crippen LogP contribution is 2.21. The summed E-state index contributed by atoms with van der Waals surface area (Å²) < 4.78 is 5.57. The van der Waals surface area contributed by atoms with Gasteiger partial charge in [-0.1, -0.05) is 18.5 Å². The van der Waals surface area contributed by atoms with Crippen molar-refractivity contribution in [3.8, 4) is 0 Å². The third-order valence-corrected chi connectivity index (χ3v) is 3.35. The van der Waals surface area contributed by atoms with Gasteiger partial charge in [-0.05, 0) is 25.7 Å². The van der Waals surface area contributed by atoms with E-state index >= 15 is 0 Å². The highest BCUT2D eigenvalue weighted by atomic mass is 35.5. The van der Waals surface area contributed by atoms with E-state index in [0.717, 1.165) is 37.4 Å². The molecule has 4 nitrogen and oxygen atoms in total. The summed E-state index contributed by atoms with van der Waals surface area (Å²) in [5.41, 5.74) is 0.988. The van der Waals surface area contributed by atoms with E-state index in [1.54, 1.807) is 0 Å². The van der Waals surface area contributed by atoms with Crippen molar-refractivity contribution in [2.45, 2.75) is 38.7 Å². The predicted octanol–water partition coefficient (Wildman–Crippen LogP) is 2.67. The van der Waals surface area contributed by atoms with E-state index in [1.165, 1.54) is 19.2 Å². The highest BCUT2D eigenvalue weighted by molar-refractivity contribution is 6.30. The van der Waals surface area contributed by atoms with Crippen molar-refractivity contribution in [1.29, 1.82) is 0 Å². The summed E-state index contributed by atoms with van der Waals surface area (Å²) in [5.74, 6) is 0.852. The quantitative estimate of drug-likeness (QED) is 0.822. The lowest BCUT2D eigenvalue weighted by atomic mass is 10.2. The van der Waals surface area contributed by atoms with Crippen LogP contribution in [0.25, 0.3) is 0 Å². The van der Waals surface area contributed by atoms with Crippen LogP contribution in [0.2, 0.25) is 5.15 Å². The van der Waals surface area contributed by atoms with E-state index in [1.807, 2.05) is 0 Å². The molecule has 1 unspecified atom stereocenters. The van der Waals surface area contributed by atoms with Crippen molar-refractivity contribution in [2.24, 2.45) is 0 Å². The molecule has 0 aliphatic carbocycles. The van der Waals surface area contributed by atoms with Crippen LogP contribution >= 0.6 is 11.6 Å². The summed E-state index contributed by atoms with van der Waals surface area (Å²) in [6.07, 6.45) is 6.12. The molecule has 0 radical (unpaired) electrons. The summed E-state index contributed by atoms with van der Waals surface area (Å²) in [5, 5.41) is 3.86. The first-order valence-electron chi connectivity index (χ1n) is 6.16. The van der Waals surface area contributed by atoms with Crippen molar-refractivity contribution in [3.05, 3.63) is 17.0 Å². The predicted molar refractivity (Wildman–Crippen MR) is 68.5 cm³/mol. The molecule has 94 valence electrons. The number of rotatable bonds is 5. The van der Waals surface area contributed by atoms with E-state index in [4.69, 9.17) is 16.3 Å². The van der Waals surface area contributed by atoms with Gasteiger partial charge in [0.1, 0.15) is 17.3 Å². The molecule has 2 heterocycles. The van der Waals surface area contributed by atoms with Crippen LogP contribution in [0, 0.1) is 0 Å². The Bertz CT molecular complexity index is 367. The van der Waals surface area contributed by atoms with Gasteiger partial charge in [-0.25, -0.2) is 9.97 Å². The van der Waals surface area contributed by atoms with Crippen molar-refractivity contribution < 1.29 is 4.74 Å². The zero-order chi connectivity index (χ0) is 12.1. The second kappa shape index (κ2) is 6.17. The van der Waals surface area contributed by atoms with Crippen LogP contribution in [0.5, 0.6) is 0 Å². The summed E-state index contributed by atoms with van der Waals surface area (Å²) >= 11 is 6.02. The number of halogens is 1. The van der Waals surface area contributed by atoms with E-state index in [2.05, 4.69) is 22.2 Å². The van der Waals surface area contributed by atoms with Crippen molar-refractivity contribution in [1.82, 2.24) is 9.97 Å². The van der Waals surface area contributed by atoms with Gasteiger partial charge in [-0.3, -0.25) is 0 Å². The van der Waals surface area contributed by atoms with E-state index < -0.39 is 0 Å². The first kappa shape index (κ1) is 12.6. The monoisotopic (exact) mass is 255 g/mol. The van der Waals surface area contributed by atoms with Crippen molar-refractivity contribution >= 4 is 17.4 Å². The van der Waals surface area contributed by atoms with Gasteiger partial charge >= 0.3 is 0 Å². The molecule has 1 aliphatic rings. The lowest BCUT2D eigenvalue weighted by Crippen LogP contribution is -2.14. The van der Waals surface area contributed by atoms with E-state index in [-0.39, 0.29) is 0 Å². The topological polar surface area (TPSA) is 47.0 Å². The maximum Gasteiger partial charge on any atom is 0.137 e. The van der Waals surface area contributed by atoms with Gasteiger partial charge < -0.3 is 10.1 Å². The fourth-order valence-electron chi connectivity index (χ4n) is 2.08. The Morgan fingerprint density at radius 3 is 3.12 bits per heavy atom. The molecule has 1 N–H and O–H groups in total. The molecule has 0 spiro atoms. The van der Waals surface area contributed by atoms with E-state index in [0.29, 0.717) is 11.3 Å². The molecule has 0 amide bonds. The van der Waals surface area contributed by atoms with Crippen LogP contribution < -0.4 is 5.32 Å². The molecule has 2 rings (SSSR count). The first-order valence-corrected chi connectivity index (χ1v) is 6.54. The van der Waals surface area contributed by atoms with Gasteiger partial charge in [-0.15, -0.1) is 0 Å². The third-order valence-electron chi connectivity index (χ3n) is 3.03. The fourth-order valence-corrected chi connectivity index (χ4v) is 2.35. The second-order valence-electron chi connectivity index (χ2n) is 4.20. The average molecular weight is 256 g/mol. The van der Waals surface area contributed by atoms with Crippen LogP contribution in [-0.4, -0.2) is 29.2 Å². The highest BCUT2D eigenvalue weighted by Gasteiger charge is 2.15. The fraction of sp³-hybridized carbons (Fsp3) is 0.667. The Balaban J connectivity index is 1.87. The molecule has 17 heavy (non-hydrogen) atoms. The molecule has 1 atom stereocenters. The number of hydrogen-bond donors (Lipinski definition) is 1. The summed E-state index contributed by atoms with van der Waals surface area (Å²) in [6, 6.07) is 0. The molecule has 1 aromatic rings. The van der Waals surface area contributed by atoms with Crippen LogP contribution in [0.4, 0.5) is 5.82 Å². The molecule has 1 aromatic heterocycles. The molecule has 0 aromatic carbocycles. The maximum absolute atomic E-state index is 6.02. The minimum atomic E-state index is 0.407. The summed E-state index contributed by atoms with van der Waals surface area (Å²) in [4.78, 5) is 8.21. The third kappa shape index (κ3) is 3.30. The van der Waals surface area contributed by atoms with Crippen LogP contribution in [-0.2, 0) is 11.2 Å². The molecule has 0 saturated carbocycles. The van der Waals surface area contributed by atoms with Gasteiger partial charge in [0.25, 0.3) is 0 Å². The Morgan fingerprint density at radius 2 is 2.41 bits per heavy atom. The zero-order valence-electron chi connectivity index (χ0n) is 10.1. The number of nitrogens with zero attached hydrogens (tertiary/aromatic N) is 2. The lowest BCUT2D eigenvalue weighted by molar-refractivity contribution is 0.107. The minimum absolute atomic E-state index is 0.407. The molecule has 1 aliphatic heterocycles. The van der Waals surface area contributed by atoms with Crippen LogP contribution in [0.3, 0.4) is 0 Å². The maximum atomic E-state index is 6.02. The first-order chi connectivity index (χ1) is 8.31. The normalized spacial score (nSPS) is 19.5. The van der Waals surface area contributed by atoms with E-state index in [9.17, 15) is 0 Å². The Labute approximate surface area is 107 Å². The van der Waals surface area contributed by atoms with Crippen molar-refractivity contribution in [3.63, 3.8) is 0 Å². The molecular weight excluding hydrogens is 238 g/mol. The standard InChI is InChI=1S/C12H18ClN3O/c1-2-10-11(13)15-8-16-12(10)14-6-5-9-4-3-7-17-9/h8-9H,2-7H2,1H3,(H,14,15,16). The smallest absolute Gasteiger partial charge is 0.137 e. The molecule has 5 heteroatoms. The summed E-state index contributed by atoms with van der Waals surface area (Å²) in [7, 11) is 0. The van der Waals surface area contributed by atoms with Gasteiger partial charge in [-0.2, -0.15) is 0 Å². The van der Waals surface area contributed by atoms with Crippen LogP contribution in [0.15, 0.2) is 6.33 Å². The molecule has 1 saturated heterocycles. The van der Waals surface area contributed by atoms with Crippen molar-refractivity contribution in [2.75, 3.05) is 18.5 Å². The molecule has 0 bridgehead atoms. The Kier molecular flexibility index (Phi) is 4.57. The van der Waals surface area contributed by atoms with Gasteiger partial charge in [0, 0.05) is 18.7 Å². The van der Waals surface area contributed by atoms with Crippen LogP contribution in [0.1, 0.15) is 31.7 Å². The van der Waals surface area contributed by atoms with Gasteiger partial charge in [0.2, 0.25) is 0 Å². The number of anilines is 1. The SMILES string of the molecule is CCc1c(Cl)ncnc1NCCC1CCCO1. The lowest BCUT2D eigenvalue weighted by Gasteiger charge is -2.12. The minimum Gasteiger partial charge on any atom is -0.378 e. The Morgan fingerprint density at radius 1 is 1.53 bits per heavy atom. The largest absolute Gasteiger partial charge is 0.378 e. The second-order valence-corrected chi connectivity index (χ2v) is 4.55. The summed E-state index contributed by atoms with van der Waals surface area (Å²) in [6.45, 7) is 3.82.